The van der Waals surface area contributed by atoms with Crippen LogP contribution in [0.5, 0.6) is 0 Å². The highest BCUT2D eigenvalue weighted by Gasteiger charge is 2.41. The molecule has 2 saturated heterocycles. The van der Waals surface area contributed by atoms with Crippen LogP contribution < -0.4 is 10.2 Å². The lowest BCUT2D eigenvalue weighted by atomic mass is 9.88. The summed E-state index contributed by atoms with van der Waals surface area (Å²) in [6.45, 7) is 5.80. The summed E-state index contributed by atoms with van der Waals surface area (Å²) in [7, 11) is 2.10. The van der Waals surface area contributed by atoms with Gasteiger partial charge in [-0.3, -0.25) is 9.78 Å². The summed E-state index contributed by atoms with van der Waals surface area (Å²) in [5.74, 6) is -3.27. The predicted molar refractivity (Wildman–Crippen MR) is 124 cm³/mol. The zero-order chi connectivity index (χ0) is 22.9. The van der Waals surface area contributed by atoms with Crippen LogP contribution in [0.4, 0.5) is 14.5 Å². The Kier molecular flexibility index (Phi) is 6.65. The predicted octanol–water partition coefficient (Wildman–Crippen LogP) is 4.24. The number of aryl methyl sites for hydroxylation is 1. The van der Waals surface area contributed by atoms with Gasteiger partial charge in [-0.15, -0.1) is 0 Å². The highest BCUT2D eigenvalue weighted by molar-refractivity contribution is 5.93. The molecule has 5 nitrogen and oxygen atoms in total. The molecule has 4 rings (SSSR count). The topological polar surface area (TPSA) is 48.5 Å². The van der Waals surface area contributed by atoms with E-state index in [-0.39, 0.29) is 18.5 Å². The van der Waals surface area contributed by atoms with E-state index in [2.05, 4.69) is 22.2 Å². The van der Waals surface area contributed by atoms with Crippen LogP contribution in [0.1, 0.15) is 38.2 Å². The summed E-state index contributed by atoms with van der Waals surface area (Å²) < 4.78 is 28.9. The maximum Gasteiger partial charge on any atom is 0.249 e. The number of anilines is 1. The van der Waals surface area contributed by atoms with Gasteiger partial charge in [0.25, 0.3) is 0 Å². The second-order valence-corrected chi connectivity index (χ2v) is 9.81. The molecular formula is C25H34F2N4O. The Morgan fingerprint density at radius 3 is 2.69 bits per heavy atom. The molecule has 0 saturated carbocycles. The minimum atomic E-state index is -2.81. The number of hydrogen-bond donors (Lipinski definition) is 1. The van der Waals surface area contributed by atoms with E-state index in [0.717, 1.165) is 55.0 Å². The molecule has 2 atom stereocenters. The average molecular weight is 445 g/mol. The van der Waals surface area contributed by atoms with Crippen LogP contribution in [0.25, 0.3) is 10.9 Å². The molecule has 0 unspecified atom stereocenters. The monoisotopic (exact) mass is 444 g/mol. The number of rotatable bonds is 5. The van der Waals surface area contributed by atoms with E-state index in [0.29, 0.717) is 25.3 Å². The largest absolute Gasteiger partial charge is 0.368 e. The highest BCUT2D eigenvalue weighted by Crippen LogP contribution is 2.36. The normalized spacial score (nSPS) is 23.5. The van der Waals surface area contributed by atoms with Crippen molar-refractivity contribution in [1.82, 2.24) is 15.2 Å². The number of hydrogen-bond acceptors (Lipinski definition) is 4. The van der Waals surface area contributed by atoms with E-state index in [4.69, 9.17) is 0 Å². The SMILES string of the molecule is Cc1ccc(N2C[C@H](NC(=O)CC3CCN(C)CC3)C[C@H](C(C)(F)F)C2)c2cccnc12. The zero-order valence-electron chi connectivity index (χ0n) is 19.3. The Hall–Kier alpha value is -2.28. The van der Waals surface area contributed by atoms with Gasteiger partial charge in [0.2, 0.25) is 11.8 Å². The molecule has 2 aliphatic heterocycles. The number of piperidine rings is 2. The van der Waals surface area contributed by atoms with Crippen molar-refractivity contribution in [2.45, 2.75) is 51.5 Å². The van der Waals surface area contributed by atoms with Gasteiger partial charge in [0, 0.05) is 48.7 Å². The molecule has 174 valence electrons. The van der Waals surface area contributed by atoms with Crippen LogP contribution in [0, 0.1) is 18.8 Å². The first-order chi connectivity index (χ1) is 15.2. The fraction of sp³-hybridized carbons (Fsp3) is 0.600. The molecule has 2 aromatic rings. The minimum Gasteiger partial charge on any atom is -0.368 e. The van der Waals surface area contributed by atoms with Gasteiger partial charge in [0.05, 0.1) is 5.52 Å². The van der Waals surface area contributed by atoms with Crippen molar-refractivity contribution in [3.63, 3.8) is 0 Å². The van der Waals surface area contributed by atoms with E-state index < -0.39 is 11.8 Å². The fourth-order valence-corrected chi connectivity index (χ4v) is 5.16. The van der Waals surface area contributed by atoms with Crippen LogP contribution in [-0.2, 0) is 4.79 Å². The van der Waals surface area contributed by atoms with E-state index >= 15 is 0 Å². The van der Waals surface area contributed by atoms with Gasteiger partial charge in [-0.2, -0.15) is 0 Å². The summed E-state index contributed by atoms with van der Waals surface area (Å²) in [6, 6.07) is 7.55. The van der Waals surface area contributed by atoms with Crippen LogP contribution in [0.15, 0.2) is 30.5 Å². The van der Waals surface area contributed by atoms with Crippen molar-refractivity contribution in [2.75, 3.05) is 38.1 Å². The van der Waals surface area contributed by atoms with Crippen molar-refractivity contribution in [3.05, 3.63) is 36.0 Å². The Morgan fingerprint density at radius 2 is 1.97 bits per heavy atom. The second-order valence-electron chi connectivity index (χ2n) is 9.81. The molecule has 3 heterocycles. The van der Waals surface area contributed by atoms with Crippen molar-refractivity contribution in [2.24, 2.45) is 11.8 Å². The third-order valence-corrected chi connectivity index (χ3v) is 7.13. The third-order valence-electron chi connectivity index (χ3n) is 7.13. The van der Waals surface area contributed by atoms with E-state index in [1.165, 1.54) is 0 Å². The first-order valence-corrected chi connectivity index (χ1v) is 11.7. The molecule has 1 amide bonds. The van der Waals surface area contributed by atoms with Crippen LogP contribution in [0.2, 0.25) is 0 Å². The number of carbonyl (C=O) groups excluding carboxylic acids is 1. The lowest BCUT2D eigenvalue weighted by Crippen LogP contribution is -2.54. The van der Waals surface area contributed by atoms with Crippen molar-refractivity contribution >= 4 is 22.5 Å². The van der Waals surface area contributed by atoms with Gasteiger partial charge in [0.15, 0.2) is 0 Å². The summed E-state index contributed by atoms with van der Waals surface area (Å²) >= 11 is 0. The third kappa shape index (κ3) is 5.20. The molecule has 0 radical (unpaired) electrons. The molecule has 7 heteroatoms. The number of nitrogens with zero attached hydrogens (tertiary/aromatic N) is 3. The number of halogens is 2. The van der Waals surface area contributed by atoms with Gasteiger partial charge in [0.1, 0.15) is 0 Å². The first kappa shape index (κ1) is 22.9. The van der Waals surface area contributed by atoms with Gasteiger partial charge in [-0.05, 0) is 82.9 Å². The van der Waals surface area contributed by atoms with Gasteiger partial charge < -0.3 is 15.1 Å². The average Bonchev–Trinajstić information content (AvgIpc) is 2.75. The summed E-state index contributed by atoms with van der Waals surface area (Å²) in [4.78, 5) is 21.6. The molecule has 1 aromatic heterocycles. The van der Waals surface area contributed by atoms with Crippen LogP contribution in [-0.4, -0.2) is 61.0 Å². The zero-order valence-corrected chi connectivity index (χ0v) is 19.3. The van der Waals surface area contributed by atoms with E-state index in [9.17, 15) is 13.6 Å². The number of nitrogens with one attached hydrogen (secondary N) is 1. The molecule has 2 aliphatic rings. The summed E-state index contributed by atoms with van der Waals surface area (Å²) in [5, 5.41) is 4.06. The molecule has 0 aliphatic carbocycles. The lowest BCUT2D eigenvalue weighted by Gasteiger charge is -2.42. The number of aromatic nitrogens is 1. The van der Waals surface area contributed by atoms with E-state index in [1.807, 2.05) is 36.1 Å². The number of alkyl halides is 2. The molecule has 0 bridgehead atoms. The van der Waals surface area contributed by atoms with Crippen molar-refractivity contribution < 1.29 is 13.6 Å². The molecule has 32 heavy (non-hydrogen) atoms. The number of carbonyl (C=O) groups is 1. The number of amides is 1. The number of benzene rings is 1. The fourth-order valence-electron chi connectivity index (χ4n) is 5.16. The van der Waals surface area contributed by atoms with Gasteiger partial charge in [-0.1, -0.05) is 6.07 Å². The van der Waals surface area contributed by atoms with Gasteiger partial charge in [-0.25, -0.2) is 8.78 Å². The maximum atomic E-state index is 14.4. The Bertz CT molecular complexity index is 953. The lowest BCUT2D eigenvalue weighted by molar-refractivity contribution is -0.123. The molecule has 2 fully saturated rings. The summed E-state index contributed by atoms with van der Waals surface area (Å²) in [6.07, 6.45) is 4.55. The Morgan fingerprint density at radius 1 is 1.22 bits per heavy atom. The number of pyridine rings is 1. The smallest absolute Gasteiger partial charge is 0.249 e. The first-order valence-electron chi connectivity index (χ1n) is 11.7. The maximum absolute atomic E-state index is 14.4. The molecular weight excluding hydrogens is 410 g/mol. The minimum absolute atomic E-state index is 0.0139. The molecule has 1 N–H and O–H groups in total. The van der Waals surface area contributed by atoms with Crippen LogP contribution in [0.3, 0.4) is 0 Å². The Labute approximate surface area is 189 Å². The second kappa shape index (κ2) is 9.30. The quantitative estimate of drug-likeness (QED) is 0.749. The van der Waals surface area contributed by atoms with Crippen molar-refractivity contribution in [3.8, 4) is 0 Å². The summed E-state index contributed by atoms with van der Waals surface area (Å²) in [5.41, 5.74) is 2.85. The van der Waals surface area contributed by atoms with Gasteiger partial charge >= 0.3 is 0 Å². The Balaban J connectivity index is 1.52. The number of fused-ring (bicyclic) bond motifs is 1. The van der Waals surface area contributed by atoms with Crippen LogP contribution >= 0.6 is 0 Å². The molecule has 0 spiro atoms. The number of likely N-dealkylation sites (tertiary alicyclic amines) is 1. The van der Waals surface area contributed by atoms with E-state index in [1.54, 1.807) is 6.20 Å². The standard InChI is InChI=1S/C25H34F2N4O/c1-17-6-7-22(21-5-4-10-28-24(17)21)31-15-19(25(2,26)27)14-20(16-31)29-23(32)13-18-8-11-30(3)12-9-18/h4-7,10,18-20H,8-9,11-16H2,1-3H3,(H,29,32)/t19-,20+/m0/s1. The molecule has 1 aromatic carbocycles. The van der Waals surface area contributed by atoms with Crippen molar-refractivity contribution in [1.29, 1.82) is 0 Å². The highest BCUT2D eigenvalue weighted by atomic mass is 19.3.